The quantitative estimate of drug-likeness (QED) is 0.0936. The number of non-ortho nitro benzene ring substituents is 1. The van der Waals surface area contributed by atoms with Gasteiger partial charge in [0.05, 0.1) is 26.5 Å². The molecule has 0 amide bonds. The molecule has 9 nitrogen and oxygen atoms in total. The lowest BCUT2D eigenvalue weighted by Crippen LogP contribution is -2.20. The zero-order chi connectivity index (χ0) is 29.4. The van der Waals surface area contributed by atoms with Crippen molar-refractivity contribution in [2.75, 3.05) is 0 Å². The standard InChI is InChI=1S/C30H17Br2ClN4O5/c31-20-7-10-26-18(11-20)13-27(42-26)29-35-25-4-2-1-3-23(25)30(38)36(29)34-15-19-12-21(33)14-24(32)28(19)41-16-17-5-8-22(9-6-17)37(39)40/h1-15H,16H2. The Kier molecular flexibility index (Phi) is 7.63. The van der Waals surface area contributed by atoms with Gasteiger partial charge >= 0.3 is 0 Å². The van der Waals surface area contributed by atoms with Crippen LogP contribution in [0.2, 0.25) is 5.02 Å². The van der Waals surface area contributed by atoms with E-state index in [0.29, 0.717) is 43.1 Å². The Morgan fingerprint density at radius 1 is 1.05 bits per heavy atom. The van der Waals surface area contributed by atoms with Crippen molar-refractivity contribution in [1.29, 1.82) is 0 Å². The Morgan fingerprint density at radius 3 is 2.62 bits per heavy atom. The summed E-state index contributed by atoms with van der Waals surface area (Å²) in [6, 6.07) is 23.8. The molecule has 0 saturated heterocycles. The van der Waals surface area contributed by atoms with Gasteiger partial charge in [-0.25, -0.2) is 4.98 Å². The SMILES string of the molecule is O=c1c2ccccc2nc(-c2cc3cc(Br)ccc3o2)n1N=Cc1cc(Cl)cc(Br)c1OCc1ccc([N+](=O)[O-])cc1. The number of hydrogen-bond donors (Lipinski definition) is 0. The van der Waals surface area contributed by atoms with Crippen molar-refractivity contribution >= 4 is 77.2 Å². The summed E-state index contributed by atoms with van der Waals surface area (Å²) < 4.78 is 14.8. The number of rotatable bonds is 7. The number of ether oxygens (including phenoxy) is 1. The summed E-state index contributed by atoms with van der Waals surface area (Å²) in [7, 11) is 0. The number of benzene rings is 4. The maximum absolute atomic E-state index is 13.7. The summed E-state index contributed by atoms with van der Waals surface area (Å²) in [6.07, 6.45) is 1.46. The highest BCUT2D eigenvalue weighted by atomic mass is 79.9. The average Bonchev–Trinajstić information content (AvgIpc) is 3.39. The van der Waals surface area contributed by atoms with E-state index in [1.807, 2.05) is 18.2 Å². The van der Waals surface area contributed by atoms with Gasteiger partial charge in [-0.1, -0.05) is 39.7 Å². The normalized spacial score (nSPS) is 11.5. The fraction of sp³-hybridized carbons (Fsp3) is 0.0333. The molecule has 0 aliphatic heterocycles. The van der Waals surface area contributed by atoms with Crippen molar-refractivity contribution in [2.24, 2.45) is 5.10 Å². The minimum atomic E-state index is -0.461. The van der Waals surface area contributed by atoms with Crippen LogP contribution >= 0.6 is 43.5 Å². The van der Waals surface area contributed by atoms with Gasteiger partial charge in [0.1, 0.15) is 17.9 Å². The van der Waals surface area contributed by atoms with E-state index in [2.05, 4.69) is 37.0 Å². The van der Waals surface area contributed by atoms with E-state index in [-0.39, 0.29) is 23.7 Å². The first-order valence-electron chi connectivity index (χ1n) is 12.4. The highest BCUT2D eigenvalue weighted by Crippen LogP contribution is 2.33. The molecule has 0 unspecified atom stereocenters. The molecule has 2 heterocycles. The lowest BCUT2D eigenvalue weighted by atomic mass is 10.2. The summed E-state index contributed by atoms with van der Waals surface area (Å²) in [5.41, 5.74) is 1.94. The fourth-order valence-electron chi connectivity index (χ4n) is 4.33. The molecule has 6 aromatic rings. The van der Waals surface area contributed by atoms with Gasteiger partial charge in [0.15, 0.2) is 5.76 Å². The molecule has 0 N–H and O–H groups in total. The lowest BCUT2D eigenvalue weighted by Gasteiger charge is -2.12. The summed E-state index contributed by atoms with van der Waals surface area (Å²) in [5.74, 6) is 1.00. The van der Waals surface area contributed by atoms with E-state index >= 15 is 0 Å². The van der Waals surface area contributed by atoms with Gasteiger partial charge in [-0.05, 0) is 82.2 Å². The van der Waals surface area contributed by atoms with E-state index < -0.39 is 4.92 Å². The monoisotopic (exact) mass is 706 g/mol. The van der Waals surface area contributed by atoms with Gasteiger partial charge in [-0.2, -0.15) is 9.78 Å². The molecule has 0 atom stereocenters. The number of nitro benzene ring substituents is 1. The van der Waals surface area contributed by atoms with Gasteiger partial charge in [0, 0.05) is 32.6 Å². The molecule has 6 rings (SSSR count). The molecule has 0 saturated carbocycles. The van der Waals surface area contributed by atoms with Crippen LogP contribution in [0.3, 0.4) is 0 Å². The Bertz CT molecular complexity index is 2090. The zero-order valence-electron chi connectivity index (χ0n) is 21.3. The van der Waals surface area contributed by atoms with Gasteiger partial charge < -0.3 is 9.15 Å². The Hall–Kier alpha value is -4.32. The molecule has 0 fully saturated rings. The van der Waals surface area contributed by atoms with Crippen LogP contribution in [0, 0.1) is 10.1 Å². The van der Waals surface area contributed by atoms with Crippen LogP contribution in [-0.2, 0) is 6.61 Å². The first-order chi connectivity index (χ1) is 20.3. The number of fused-ring (bicyclic) bond motifs is 2. The van der Waals surface area contributed by atoms with Gasteiger partial charge in [0.25, 0.3) is 11.2 Å². The highest BCUT2D eigenvalue weighted by Gasteiger charge is 2.17. The molecule has 0 spiro atoms. The predicted molar refractivity (Wildman–Crippen MR) is 168 cm³/mol. The van der Waals surface area contributed by atoms with Gasteiger partial charge in [-0.3, -0.25) is 14.9 Å². The van der Waals surface area contributed by atoms with E-state index in [0.717, 1.165) is 15.4 Å². The van der Waals surface area contributed by atoms with Crippen molar-refractivity contribution < 1.29 is 14.1 Å². The topological polar surface area (TPSA) is 113 Å². The van der Waals surface area contributed by atoms with Gasteiger partial charge in [0.2, 0.25) is 5.82 Å². The number of furan rings is 1. The maximum Gasteiger partial charge on any atom is 0.282 e. The Balaban J connectivity index is 1.42. The van der Waals surface area contributed by atoms with Crippen LogP contribution in [0.4, 0.5) is 5.69 Å². The summed E-state index contributed by atoms with van der Waals surface area (Å²) in [6.45, 7) is 0.121. The third kappa shape index (κ3) is 5.58. The van der Waals surface area contributed by atoms with Crippen LogP contribution in [0.15, 0.2) is 108 Å². The maximum atomic E-state index is 13.7. The van der Waals surface area contributed by atoms with E-state index in [1.165, 1.54) is 23.0 Å². The van der Waals surface area contributed by atoms with Crippen LogP contribution in [0.25, 0.3) is 33.5 Å². The number of nitro groups is 1. The van der Waals surface area contributed by atoms with E-state index in [1.54, 1.807) is 54.6 Å². The fourth-order valence-corrected chi connectivity index (χ4v) is 5.66. The van der Waals surface area contributed by atoms with Crippen LogP contribution in [0.5, 0.6) is 5.75 Å². The third-order valence-corrected chi connectivity index (χ3v) is 7.63. The smallest absolute Gasteiger partial charge is 0.282 e. The first kappa shape index (κ1) is 27.8. The molecule has 208 valence electrons. The Labute approximate surface area is 259 Å². The number of para-hydroxylation sites is 1. The van der Waals surface area contributed by atoms with Crippen molar-refractivity contribution in [1.82, 2.24) is 9.66 Å². The van der Waals surface area contributed by atoms with Crippen molar-refractivity contribution in [3.63, 3.8) is 0 Å². The third-order valence-electron chi connectivity index (χ3n) is 6.33. The minimum Gasteiger partial charge on any atom is -0.487 e. The zero-order valence-corrected chi connectivity index (χ0v) is 25.3. The van der Waals surface area contributed by atoms with Crippen LogP contribution in [-0.4, -0.2) is 20.8 Å². The molecular formula is C30H17Br2ClN4O5. The van der Waals surface area contributed by atoms with Gasteiger partial charge in [-0.15, -0.1) is 0 Å². The predicted octanol–water partition coefficient (Wildman–Crippen LogP) is 8.36. The molecule has 42 heavy (non-hydrogen) atoms. The minimum absolute atomic E-state index is 0.0124. The summed E-state index contributed by atoms with van der Waals surface area (Å²) in [5, 5.41) is 17.1. The van der Waals surface area contributed by atoms with Crippen molar-refractivity contribution in [3.8, 4) is 17.3 Å². The second-order valence-corrected chi connectivity index (χ2v) is 11.3. The average molecular weight is 709 g/mol. The molecule has 2 aromatic heterocycles. The summed E-state index contributed by atoms with van der Waals surface area (Å²) >= 11 is 13.3. The number of hydrogen-bond acceptors (Lipinski definition) is 7. The molecule has 12 heteroatoms. The molecule has 0 aliphatic carbocycles. The van der Waals surface area contributed by atoms with Crippen LogP contribution < -0.4 is 10.3 Å². The van der Waals surface area contributed by atoms with Crippen molar-refractivity contribution in [2.45, 2.75) is 6.61 Å². The molecule has 0 aliphatic rings. The number of nitrogens with zero attached hydrogens (tertiary/aromatic N) is 4. The molecule has 0 bridgehead atoms. The van der Waals surface area contributed by atoms with E-state index in [4.69, 9.17) is 25.7 Å². The van der Waals surface area contributed by atoms with E-state index in [9.17, 15) is 14.9 Å². The molecule has 0 radical (unpaired) electrons. The largest absolute Gasteiger partial charge is 0.487 e. The number of halogens is 3. The highest BCUT2D eigenvalue weighted by molar-refractivity contribution is 9.10. The molecule has 4 aromatic carbocycles. The van der Waals surface area contributed by atoms with Crippen LogP contribution in [0.1, 0.15) is 11.1 Å². The molecular weight excluding hydrogens is 692 g/mol. The summed E-state index contributed by atoms with van der Waals surface area (Å²) in [4.78, 5) is 28.9. The Morgan fingerprint density at radius 2 is 1.83 bits per heavy atom. The number of aromatic nitrogens is 2. The second-order valence-electron chi connectivity index (χ2n) is 9.13. The van der Waals surface area contributed by atoms with Crippen molar-refractivity contribution in [3.05, 3.63) is 130 Å². The first-order valence-corrected chi connectivity index (χ1v) is 14.3. The second kappa shape index (κ2) is 11.5. The lowest BCUT2D eigenvalue weighted by molar-refractivity contribution is -0.384.